The second-order valence-corrected chi connectivity index (χ2v) is 27.8. The molecule has 16 aliphatic heterocycles. The Bertz CT molecular complexity index is 2420. The molecule has 79 heavy (non-hydrogen) atoms. The van der Waals surface area contributed by atoms with E-state index in [9.17, 15) is 19.8 Å². The molecule has 16 heterocycles. The largest absolute Gasteiger partial charge is 0.481 e. The molecule has 0 radical (unpaired) electrons. The third-order valence-corrected chi connectivity index (χ3v) is 22.0. The Kier molecular flexibility index (Phi) is 13.2. The van der Waals surface area contributed by atoms with Gasteiger partial charge in [-0.05, 0) is 80.8 Å². The number of esters is 1. The fourth-order valence-corrected chi connectivity index (χ4v) is 18.4. The van der Waals surface area contributed by atoms with Gasteiger partial charge in [0.25, 0.3) is 0 Å². The van der Waals surface area contributed by atoms with Crippen LogP contribution in [-0.4, -0.2) is 186 Å². The van der Waals surface area contributed by atoms with Crippen molar-refractivity contribution < 1.29 is 90.9 Å². The number of carboxylic acid groups (broad SMARTS) is 1. The highest BCUT2D eigenvalue weighted by Gasteiger charge is 2.73. The molecule has 0 aliphatic carbocycles. The Morgan fingerprint density at radius 3 is 2.09 bits per heavy atom. The van der Waals surface area contributed by atoms with Gasteiger partial charge in [-0.15, -0.1) is 0 Å². The quantitative estimate of drug-likeness (QED) is 0.238. The molecular weight excluding hydrogens is 1020 g/mol. The summed E-state index contributed by atoms with van der Waals surface area (Å²) in [4.78, 5) is 26.2. The van der Waals surface area contributed by atoms with Gasteiger partial charge >= 0.3 is 11.9 Å². The monoisotopic (exact) mass is 1110 g/mol. The Balaban J connectivity index is 0.663. The summed E-state index contributed by atoms with van der Waals surface area (Å²) in [5.41, 5.74) is 1.59. The first kappa shape index (κ1) is 53.5. The summed E-state index contributed by atoms with van der Waals surface area (Å²) in [5, 5.41) is 20.4. The maximum atomic E-state index is 14.6. The minimum absolute atomic E-state index is 0.000510. The van der Waals surface area contributed by atoms with Crippen LogP contribution < -0.4 is 0 Å². The zero-order chi connectivity index (χ0) is 54.2. The maximum absolute atomic E-state index is 14.6. The van der Waals surface area contributed by atoms with Crippen molar-refractivity contribution >= 4 is 11.9 Å². The molecule has 16 aliphatic rings. The molecule has 0 aromatic rings. The zero-order valence-electron chi connectivity index (χ0n) is 46.6. The number of rotatable bonds is 2. The second-order valence-electron chi connectivity index (χ2n) is 27.8. The number of aliphatic carboxylic acids is 1. The molecule has 12 bridgehead atoms. The van der Waals surface area contributed by atoms with Crippen LogP contribution >= 0.6 is 0 Å². The van der Waals surface area contributed by atoms with Gasteiger partial charge in [-0.3, -0.25) is 9.59 Å². The van der Waals surface area contributed by atoms with E-state index in [2.05, 4.69) is 47.8 Å². The number of carbonyl (C=O) groups is 2. The van der Waals surface area contributed by atoms with Gasteiger partial charge in [0, 0.05) is 63.7 Å². The molecule has 0 amide bonds. The predicted octanol–water partition coefficient (Wildman–Crippen LogP) is 6.05. The minimum Gasteiger partial charge on any atom is -0.481 e. The highest BCUT2D eigenvalue weighted by molar-refractivity contribution is 5.70. The molecule has 2 N–H and O–H groups in total. The SMILES string of the molecule is C=C1CC2CCC34CC5(C)OC6C(O3)C3OC(CCC3OC6C5O4)CC(=O)OC3C(CC4OC(CCC1O2)CC(C)C4=C)OC1CC2OC4(CC2OC1C3C)CC1OC2(CC(C)C3OC(CC(=O)O)C(O)CC3O2)CC(C)C1O4. The van der Waals surface area contributed by atoms with E-state index in [0.717, 1.165) is 43.3 Å². The van der Waals surface area contributed by atoms with Crippen LogP contribution in [0.5, 0.6) is 0 Å². The molecule has 16 fully saturated rings. The van der Waals surface area contributed by atoms with Crippen LogP contribution in [0.15, 0.2) is 24.3 Å². The first-order valence-electron chi connectivity index (χ1n) is 30.6. The van der Waals surface area contributed by atoms with Crippen molar-refractivity contribution in [2.45, 2.75) is 314 Å². The van der Waals surface area contributed by atoms with E-state index in [-0.39, 0.29) is 134 Å². The maximum Gasteiger partial charge on any atom is 0.308 e. The van der Waals surface area contributed by atoms with Crippen molar-refractivity contribution in [3.8, 4) is 0 Å². The first-order valence-corrected chi connectivity index (χ1v) is 30.6. The topological polar surface area (TPSA) is 213 Å². The minimum atomic E-state index is -1.00. The van der Waals surface area contributed by atoms with Crippen LogP contribution in [0, 0.1) is 23.7 Å². The third-order valence-electron chi connectivity index (χ3n) is 22.0. The number of aliphatic hydroxyl groups is 1. The van der Waals surface area contributed by atoms with E-state index in [1.165, 1.54) is 0 Å². The molecule has 438 valence electrons. The van der Waals surface area contributed by atoms with Crippen LogP contribution in [0.1, 0.15) is 150 Å². The Labute approximate surface area is 462 Å². The van der Waals surface area contributed by atoms with Gasteiger partial charge < -0.3 is 81.3 Å². The highest BCUT2D eigenvalue weighted by atomic mass is 16.8. The summed E-state index contributed by atoms with van der Waals surface area (Å²) in [6.45, 7) is 19.9. The van der Waals surface area contributed by atoms with Crippen LogP contribution in [0.25, 0.3) is 0 Å². The lowest BCUT2D eigenvalue weighted by Crippen LogP contribution is -2.62. The van der Waals surface area contributed by atoms with E-state index in [4.69, 9.17) is 71.1 Å². The van der Waals surface area contributed by atoms with E-state index in [1.807, 2.05) is 0 Å². The molecular formula is C60H84O19. The van der Waals surface area contributed by atoms with Gasteiger partial charge in [0.05, 0.1) is 117 Å². The lowest BCUT2D eigenvalue weighted by Gasteiger charge is -2.54. The van der Waals surface area contributed by atoms with Gasteiger partial charge in [-0.1, -0.05) is 40.9 Å². The van der Waals surface area contributed by atoms with Crippen molar-refractivity contribution in [1.29, 1.82) is 0 Å². The van der Waals surface area contributed by atoms with E-state index >= 15 is 0 Å². The van der Waals surface area contributed by atoms with Crippen molar-refractivity contribution in [3.05, 3.63) is 24.3 Å². The molecule has 19 nitrogen and oxygen atoms in total. The van der Waals surface area contributed by atoms with Gasteiger partial charge in [0.15, 0.2) is 17.4 Å². The number of fused-ring (bicyclic) bond motifs is 10. The van der Waals surface area contributed by atoms with Crippen LogP contribution in [-0.2, 0) is 80.6 Å². The summed E-state index contributed by atoms with van der Waals surface area (Å²) >= 11 is 0. The molecule has 0 aromatic heterocycles. The Hall–Kier alpha value is -2.18. The van der Waals surface area contributed by atoms with E-state index in [0.29, 0.717) is 64.2 Å². The number of hydrogen-bond donors (Lipinski definition) is 2. The number of aliphatic hydroxyl groups excluding tert-OH is 1. The molecule has 19 heteroatoms. The molecule has 31 unspecified atom stereocenters. The van der Waals surface area contributed by atoms with Crippen LogP contribution in [0.3, 0.4) is 0 Å². The zero-order valence-corrected chi connectivity index (χ0v) is 46.6. The average Bonchev–Trinajstić information content (AvgIpc) is 4.29. The summed E-state index contributed by atoms with van der Waals surface area (Å²) in [5.74, 6) is -4.04. The second kappa shape index (κ2) is 19.4. The molecule has 16 rings (SSSR count). The van der Waals surface area contributed by atoms with Gasteiger partial charge in [-0.25, -0.2) is 0 Å². The molecule has 16 saturated heterocycles. The predicted molar refractivity (Wildman–Crippen MR) is 273 cm³/mol. The molecule has 0 aromatic carbocycles. The first-order chi connectivity index (χ1) is 37.8. The summed E-state index contributed by atoms with van der Waals surface area (Å²) in [6.07, 6.45) is 1.54. The Morgan fingerprint density at radius 2 is 1.25 bits per heavy atom. The molecule has 3 spiro atoms. The highest BCUT2D eigenvalue weighted by Crippen LogP contribution is 2.60. The number of ether oxygens (including phenoxy) is 15. The molecule has 31 atom stereocenters. The standard InChI is InChI=1S/C60H84O19/c1-26-14-32-8-10-36-27(2)15-34(65-36)12-13-58-25-57(7)56(79-58)55-54(76-57)53(78-58)52-37(69-55)11-9-33(67-52)16-47(64)72-51-31(6)50-42(68-41(51)18-38(66-32)30(26)5)19-40-44(71-50)23-60(73-40)24-45-49(77-60)29(4)22-59(75-45)21-28(3)48-43(74-59)17-35(61)39(70-48)20-46(62)63/h26,28-29,31-45,48-56,61H,2,5,8-25H2,1,3-4,6-7H3,(H,62,63). The summed E-state index contributed by atoms with van der Waals surface area (Å²) in [7, 11) is 0. The van der Waals surface area contributed by atoms with Gasteiger partial charge in [0.2, 0.25) is 0 Å². The van der Waals surface area contributed by atoms with Crippen LogP contribution in [0.2, 0.25) is 0 Å². The average molecular weight is 1110 g/mol. The van der Waals surface area contributed by atoms with Crippen molar-refractivity contribution in [3.63, 3.8) is 0 Å². The number of hydrogen-bond acceptors (Lipinski definition) is 18. The molecule has 0 saturated carbocycles. The normalized spacial score (nSPS) is 58.4. The van der Waals surface area contributed by atoms with Crippen molar-refractivity contribution in [1.82, 2.24) is 0 Å². The summed E-state index contributed by atoms with van der Waals surface area (Å²) < 4.78 is 104. The number of carbonyl (C=O) groups excluding carboxylic acids is 1. The fourth-order valence-electron chi connectivity index (χ4n) is 18.4. The lowest BCUT2D eigenvalue weighted by atomic mass is 9.78. The smallest absolute Gasteiger partial charge is 0.308 e. The van der Waals surface area contributed by atoms with Crippen LogP contribution in [0.4, 0.5) is 0 Å². The van der Waals surface area contributed by atoms with E-state index in [1.54, 1.807) is 0 Å². The third kappa shape index (κ3) is 9.12. The van der Waals surface area contributed by atoms with Gasteiger partial charge in [-0.2, -0.15) is 0 Å². The van der Waals surface area contributed by atoms with Crippen molar-refractivity contribution in [2.24, 2.45) is 23.7 Å². The van der Waals surface area contributed by atoms with Gasteiger partial charge in [0.1, 0.15) is 42.2 Å². The lowest BCUT2D eigenvalue weighted by molar-refractivity contribution is -0.371. The Morgan fingerprint density at radius 1 is 0.557 bits per heavy atom. The number of carboxylic acids is 1. The van der Waals surface area contributed by atoms with Crippen molar-refractivity contribution in [2.75, 3.05) is 0 Å². The summed E-state index contributed by atoms with van der Waals surface area (Å²) in [6, 6.07) is 0. The van der Waals surface area contributed by atoms with E-state index < -0.39 is 83.9 Å². The fraction of sp³-hybridized carbons (Fsp3) is 0.900.